The smallest absolute Gasteiger partial charge is 0.262 e. The molecule has 2 rings (SSSR count). The molecule has 8 heteroatoms. The minimum atomic E-state index is -3.72. The van der Waals surface area contributed by atoms with Gasteiger partial charge in [-0.2, -0.15) is 0 Å². The Kier molecular flexibility index (Phi) is 4.80. The van der Waals surface area contributed by atoms with Crippen LogP contribution in [0.1, 0.15) is 0 Å². The lowest BCUT2D eigenvalue weighted by molar-refractivity contribution is 0.417. The van der Waals surface area contributed by atoms with Crippen LogP contribution in [0.4, 0.5) is 11.4 Å². The van der Waals surface area contributed by atoms with Crippen LogP contribution in [0.5, 0.6) is 5.75 Å². The van der Waals surface area contributed by atoms with Gasteiger partial charge in [0.1, 0.15) is 11.4 Å². The highest BCUT2D eigenvalue weighted by Crippen LogP contribution is 2.36. The van der Waals surface area contributed by atoms with Crippen LogP contribution in [0.25, 0.3) is 0 Å². The number of halogens is 2. The summed E-state index contributed by atoms with van der Waals surface area (Å²) in [6.45, 7) is 0. The Balaban J connectivity index is 2.44. The molecule has 112 valence electrons. The Morgan fingerprint density at radius 1 is 1.14 bits per heavy atom. The van der Waals surface area contributed by atoms with E-state index >= 15 is 0 Å². The number of hydrogen-bond acceptors (Lipinski definition) is 4. The van der Waals surface area contributed by atoms with E-state index in [2.05, 4.69) is 36.6 Å². The first-order valence-electron chi connectivity index (χ1n) is 5.75. The molecule has 0 spiro atoms. The van der Waals surface area contributed by atoms with Crippen molar-refractivity contribution in [3.63, 3.8) is 0 Å². The zero-order valence-corrected chi connectivity index (χ0v) is 14.9. The van der Waals surface area contributed by atoms with Crippen molar-refractivity contribution < 1.29 is 13.2 Å². The topological polar surface area (TPSA) is 81.4 Å². The fraction of sp³-hybridized carbons (Fsp3) is 0.0769. The van der Waals surface area contributed by atoms with E-state index in [0.29, 0.717) is 21.6 Å². The number of hydrogen-bond donors (Lipinski definition) is 2. The number of rotatable bonds is 4. The first-order chi connectivity index (χ1) is 9.83. The second-order valence-corrected chi connectivity index (χ2v) is 7.59. The van der Waals surface area contributed by atoms with E-state index in [1.165, 1.54) is 19.2 Å². The van der Waals surface area contributed by atoms with Crippen molar-refractivity contribution in [1.82, 2.24) is 0 Å². The number of methoxy groups -OCH3 is 1. The van der Waals surface area contributed by atoms with Gasteiger partial charge < -0.3 is 10.5 Å². The summed E-state index contributed by atoms with van der Waals surface area (Å²) in [5, 5.41) is 0. The summed E-state index contributed by atoms with van der Waals surface area (Å²) in [6.07, 6.45) is 0. The summed E-state index contributed by atoms with van der Waals surface area (Å²) in [7, 11) is -2.28. The number of nitrogens with one attached hydrogen (secondary N) is 1. The molecule has 0 aromatic heterocycles. The molecule has 2 aromatic carbocycles. The molecule has 0 fully saturated rings. The lowest BCUT2D eigenvalue weighted by atomic mass is 10.2. The average Bonchev–Trinajstić information content (AvgIpc) is 2.42. The maximum atomic E-state index is 12.4. The summed E-state index contributed by atoms with van der Waals surface area (Å²) >= 11 is 6.55. The van der Waals surface area contributed by atoms with Gasteiger partial charge >= 0.3 is 0 Å². The molecule has 0 heterocycles. The number of nitrogens with two attached hydrogens (primary N) is 1. The maximum absolute atomic E-state index is 12.4. The lowest BCUT2D eigenvalue weighted by Crippen LogP contribution is -2.14. The molecule has 0 bridgehead atoms. The average molecular weight is 436 g/mol. The molecule has 5 nitrogen and oxygen atoms in total. The number of anilines is 2. The van der Waals surface area contributed by atoms with Crippen molar-refractivity contribution >= 4 is 53.3 Å². The Morgan fingerprint density at radius 2 is 1.76 bits per heavy atom. The van der Waals surface area contributed by atoms with Gasteiger partial charge in [0.25, 0.3) is 10.0 Å². The number of benzene rings is 2. The van der Waals surface area contributed by atoms with E-state index in [9.17, 15) is 8.42 Å². The van der Waals surface area contributed by atoms with Crippen LogP contribution in [0.15, 0.2) is 50.2 Å². The molecular weight excluding hydrogens is 424 g/mol. The van der Waals surface area contributed by atoms with Gasteiger partial charge in [0, 0.05) is 20.7 Å². The van der Waals surface area contributed by atoms with E-state index < -0.39 is 10.0 Å². The van der Waals surface area contributed by atoms with E-state index in [-0.39, 0.29) is 4.90 Å². The largest absolute Gasteiger partial charge is 0.494 e. The second kappa shape index (κ2) is 6.25. The fourth-order valence-electron chi connectivity index (χ4n) is 1.67. The first kappa shape index (κ1) is 16.1. The van der Waals surface area contributed by atoms with Crippen LogP contribution in [-0.4, -0.2) is 15.5 Å². The van der Waals surface area contributed by atoms with Gasteiger partial charge in [-0.25, -0.2) is 8.42 Å². The van der Waals surface area contributed by atoms with Gasteiger partial charge in [-0.3, -0.25) is 4.72 Å². The minimum absolute atomic E-state index is 0.150. The molecule has 0 aliphatic rings. The Labute approximate surface area is 139 Å². The molecule has 0 aliphatic heterocycles. The van der Waals surface area contributed by atoms with Gasteiger partial charge in [0.2, 0.25) is 0 Å². The van der Waals surface area contributed by atoms with Crippen LogP contribution in [0.3, 0.4) is 0 Å². The lowest BCUT2D eigenvalue weighted by Gasteiger charge is -2.14. The van der Waals surface area contributed by atoms with Gasteiger partial charge in [0.05, 0.1) is 12.0 Å². The zero-order valence-electron chi connectivity index (χ0n) is 10.9. The van der Waals surface area contributed by atoms with E-state index in [0.717, 1.165) is 4.47 Å². The summed E-state index contributed by atoms with van der Waals surface area (Å²) in [5.74, 6) is 0.336. The van der Waals surface area contributed by atoms with Crippen molar-refractivity contribution in [3.8, 4) is 5.75 Å². The van der Waals surface area contributed by atoms with E-state index in [1.807, 2.05) is 0 Å². The van der Waals surface area contributed by atoms with Gasteiger partial charge in [-0.15, -0.1) is 0 Å². The molecule has 0 atom stereocenters. The molecular formula is C13H12Br2N2O3S. The zero-order chi connectivity index (χ0) is 15.6. The number of nitrogen functional groups attached to an aromatic ring is 1. The number of sulfonamides is 1. The molecule has 0 aliphatic carbocycles. The van der Waals surface area contributed by atoms with E-state index in [1.54, 1.807) is 24.3 Å². The van der Waals surface area contributed by atoms with Crippen LogP contribution in [0.2, 0.25) is 0 Å². The Bertz CT molecular complexity index is 762. The van der Waals surface area contributed by atoms with Crippen molar-refractivity contribution in [3.05, 3.63) is 45.3 Å². The van der Waals surface area contributed by atoms with Crippen LogP contribution in [0, 0.1) is 0 Å². The predicted octanol–water partition coefficient (Wildman–Crippen LogP) is 3.60. The first-order valence-corrected chi connectivity index (χ1v) is 8.82. The summed E-state index contributed by atoms with van der Waals surface area (Å²) in [4.78, 5) is 0.150. The standard InChI is InChI=1S/C13H12Br2N2O3S/c1-20-12-7-9(16)6-11(15)13(12)17-21(18,19)10-4-2-8(14)3-5-10/h2-7,17H,16H2,1H3. The van der Waals surface area contributed by atoms with E-state index in [4.69, 9.17) is 10.5 Å². The third kappa shape index (κ3) is 3.69. The predicted molar refractivity (Wildman–Crippen MR) is 90.1 cm³/mol. The summed E-state index contributed by atoms with van der Waals surface area (Å²) in [6, 6.07) is 9.47. The number of ether oxygens (including phenoxy) is 1. The highest BCUT2D eigenvalue weighted by atomic mass is 79.9. The highest BCUT2D eigenvalue weighted by Gasteiger charge is 2.19. The van der Waals surface area contributed by atoms with Crippen molar-refractivity contribution in [2.75, 3.05) is 17.6 Å². The Morgan fingerprint density at radius 3 is 2.33 bits per heavy atom. The quantitative estimate of drug-likeness (QED) is 0.718. The Hall–Kier alpha value is -1.25. The third-order valence-electron chi connectivity index (χ3n) is 2.66. The van der Waals surface area contributed by atoms with Gasteiger partial charge in [-0.1, -0.05) is 15.9 Å². The molecule has 0 radical (unpaired) electrons. The third-order valence-corrected chi connectivity index (χ3v) is 5.18. The molecule has 0 amide bonds. The van der Waals surface area contributed by atoms with Crippen molar-refractivity contribution in [2.45, 2.75) is 4.90 Å². The monoisotopic (exact) mass is 434 g/mol. The molecule has 0 saturated carbocycles. The van der Waals surface area contributed by atoms with Crippen LogP contribution >= 0.6 is 31.9 Å². The van der Waals surface area contributed by atoms with Crippen LogP contribution < -0.4 is 15.2 Å². The minimum Gasteiger partial charge on any atom is -0.494 e. The van der Waals surface area contributed by atoms with Gasteiger partial charge in [-0.05, 0) is 46.3 Å². The van der Waals surface area contributed by atoms with Crippen molar-refractivity contribution in [2.24, 2.45) is 0 Å². The second-order valence-electron chi connectivity index (χ2n) is 4.14. The molecule has 0 saturated heterocycles. The normalized spacial score (nSPS) is 11.2. The van der Waals surface area contributed by atoms with Gasteiger partial charge in [0.15, 0.2) is 0 Å². The summed E-state index contributed by atoms with van der Waals surface area (Å²) in [5.41, 5.74) is 6.47. The molecule has 0 unspecified atom stereocenters. The molecule has 3 N–H and O–H groups in total. The fourth-order valence-corrected chi connectivity index (χ4v) is 3.71. The van der Waals surface area contributed by atoms with Crippen molar-refractivity contribution in [1.29, 1.82) is 0 Å². The maximum Gasteiger partial charge on any atom is 0.262 e. The molecule has 21 heavy (non-hydrogen) atoms. The molecule has 2 aromatic rings. The highest BCUT2D eigenvalue weighted by molar-refractivity contribution is 9.10. The SMILES string of the molecule is COc1cc(N)cc(Br)c1NS(=O)(=O)c1ccc(Br)cc1. The van der Waals surface area contributed by atoms with Crippen LogP contribution in [-0.2, 0) is 10.0 Å². The summed E-state index contributed by atoms with van der Waals surface area (Å²) < 4.78 is 33.7.